The van der Waals surface area contributed by atoms with E-state index in [4.69, 9.17) is 5.73 Å². The Morgan fingerprint density at radius 1 is 1.33 bits per heavy atom. The van der Waals surface area contributed by atoms with Crippen molar-refractivity contribution < 1.29 is 4.79 Å². The van der Waals surface area contributed by atoms with Crippen molar-refractivity contribution in [3.8, 4) is 0 Å². The number of nitrogens with two attached hydrogens (primary N) is 1. The minimum atomic E-state index is 0.0698. The van der Waals surface area contributed by atoms with E-state index in [9.17, 15) is 4.79 Å². The van der Waals surface area contributed by atoms with Gasteiger partial charge in [0.15, 0.2) is 0 Å². The standard InChI is InChI=1S/C17H25N3O/c1-2-4-12-5-3-7-20(8-6-12)16-11-15-13(9-14(16)18)10-17(21)19-15/h9,11-12H,2-8,10,18H2,1H3,(H,19,21). The summed E-state index contributed by atoms with van der Waals surface area (Å²) >= 11 is 0. The van der Waals surface area contributed by atoms with Gasteiger partial charge in [0.25, 0.3) is 0 Å². The molecule has 1 amide bonds. The molecular formula is C17H25N3O. The van der Waals surface area contributed by atoms with E-state index in [2.05, 4.69) is 23.2 Å². The molecule has 0 bridgehead atoms. The number of hydrogen-bond acceptors (Lipinski definition) is 3. The second kappa shape index (κ2) is 5.96. The monoisotopic (exact) mass is 287 g/mol. The minimum absolute atomic E-state index is 0.0698. The van der Waals surface area contributed by atoms with Crippen LogP contribution in [-0.4, -0.2) is 19.0 Å². The van der Waals surface area contributed by atoms with Crippen LogP contribution in [-0.2, 0) is 11.2 Å². The molecule has 0 spiro atoms. The van der Waals surface area contributed by atoms with E-state index in [0.717, 1.165) is 41.6 Å². The highest BCUT2D eigenvalue weighted by Crippen LogP contribution is 2.35. The van der Waals surface area contributed by atoms with Crippen molar-refractivity contribution in [2.45, 2.75) is 45.4 Å². The first-order valence-electron chi connectivity index (χ1n) is 8.14. The molecule has 4 heteroatoms. The molecule has 0 aliphatic carbocycles. The third kappa shape index (κ3) is 2.99. The maximum Gasteiger partial charge on any atom is 0.228 e. The smallest absolute Gasteiger partial charge is 0.228 e. The Hall–Kier alpha value is -1.71. The fourth-order valence-electron chi connectivity index (χ4n) is 3.66. The fourth-order valence-corrected chi connectivity index (χ4v) is 3.66. The molecule has 4 nitrogen and oxygen atoms in total. The lowest BCUT2D eigenvalue weighted by atomic mass is 9.96. The summed E-state index contributed by atoms with van der Waals surface area (Å²) < 4.78 is 0. The molecular weight excluding hydrogens is 262 g/mol. The maximum absolute atomic E-state index is 11.5. The molecule has 1 saturated heterocycles. The number of nitrogen functional groups attached to an aromatic ring is 1. The summed E-state index contributed by atoms with van der Waals surface area (Å²) in [7, 11) is 0. The van der Waals surface area contributed by atoms with Gasteiger partial charge in [-0.1, -0.05) is 19.8 Å². The number of hydrogen-bond donors (Lipinski definition) is 2. The largest absolute Gasteiger partial charge is 0.397 e. The summed E-state index contributed by atoms with van der Waals surface area (Å²) in [5.41, 5.74) is 10.1. The van der Waals surface area contributed by atoms with E-state index in [1.807, 2.05) is 6.07 Å². The summed E-state index contributed by atoms with van der Waals surface area (Å²) in [6.45, 7) is 4.41. The van der Waals surface area contributed by atoms with E-state index in [-0.39, 0.29) is 5.91 Å². The van der Waals surface area contributed by atoms with Gasteiger partial charge in [-0.25, -0.2) is 0 Å². The molecule has 1 unspecified atom stereocenters. The third-order valence-corrected chi connectivity index (χ3v) is 4.76. The predicted molar refractivity (Wildman–Crippen MR) is 87.7 cm³/mol. The van der Waals surface area contributed by atoms with Gasteiger partial charge in [-0.15, -0.1) is 0 Å². The molecule has 0 aromatic heterocycles. The number of nitrogens with zero attached hydrogens (tertiary/aromatic N) is 1. The number of nitrogens with one attached hydrogen (secondary N) is 1. The first-order chi connectivity index (χ1) is 10.2. The highest BCUT2D eigenvalue weighted by Gasteiger charge is 2.23. The van der Waals surface area contributed by atoms with Crippen molar-refractivity contribution in [2.75, 3.05) is 29.0 Å². The Kier molecular flexibility index (Phi) is 4.04. The summed E-state index contributed by atoms with van der Waals surface area (Å²) in [4.78, 5) is 13.9. The lowest BCUT2D eigenvalue weighted by Crippen LogP contribution is -2.25. The normalized spacial score (nSPS) is 21.9. The van der Waals surface area contributed by atoms with Crippen molar-refractivity contribution in [1.82, 2.24) is 0 Å². The molecule has 2 aliphatic heterocycles. The van der Waals surface area contributed by atoms with Crippen LogP contribution < -0.4 is 16.0 Å². The number of amides is 1. The van der Waals surface area contributed by atoms with Crippen LogP contribution in [0.25, 0.3) is 0 Å². The first kappa shape index (κ1) is 14.2. The second-order valence-corrected chi connectivity index (χ2v) is 6.37. The van der Waals surface area contributed by atoms with Crippen molar-refractivity contribution >= 4 is 23.0 Å². The summed E-state index contributed by atoms with van der Waals surface area (Å²) in [5, 5.41) is 2.93. The number of carbonyl (C=O) groups is 1. The van der Waals surface area contributed by atoms with Crippen LogP contribution in [0.1, 0.15) is 44.6 Å². The van der Waals surface area contributed by atoms with Crippen LogP contribution in [0.3, 0.4) is 0 Å². The predicted octanol–water partition coefficient (Wildman–Crippen LogP) is 3.17. The van der Waals surface area contributed by atoms with Crippen molar-refractivity contribution in [1.29, 1.82) is 0 Å². The van der Waals surface area contributed by atoms with Gasteiger partial charge in [0.05, 0.1) is 17.8 Å². The van der Waals surface area contributed by atoms with Crippen molar-refractivity contribution in [3.63, 3.8) is 0 Å². The van der Waals surface area contributed by atoms with Gasteiger partial charge in [-0.2, -0.15) is 0 Å². The van der Waals surface area contributed by atoms with Crippen LogP contribution in [0.15, 0.2) is 12.1 Å². The SMILES string of the molecule is CCCC1CCCN(c2cc3c(cc2N)CC(=O)N3)CC1. The van der Waals surface area contributed by atoms with Gasteiger partial charge in [-0.3, -0.25) is 4.79 Å². The maximum atomic E-state index is 11.5. The van der Waals surface area contributed by atoms with Crippen molar-refractivity contribution in [3.05, 3.63) is 17.7 Å². The van der Waals surface area contributed by atoms with Crippen molar-refractivity contribution in [2.24, 2.45) is 5.92 Å². The Balaban J connectivity index is 1.78. The number of rotatable bonds is 3. The van der Waals surface area contributed by atoms with E-state index in [1.54, 1.807) is 0 Å². The average Bonchev–Trinajstić information content (AvgIpc) is 2.66. The molecule has 3 N–H and O–H groups in total. The van der Waals surface area contributed by atoms with Gasteiger partial charge in [-0.05, 0) is 42.9 Å². The zero-order chi connectivity index (χ0) is 14.8. The summed E-state index contributed by atoms with van der Waals surface area (Å²) in [5.74, 6) is 0.927. The Labute approximate surface area is 126 Å². The third-order valence-electron chi connectivity index (χ3n) is 4.76. The molecule has 1 aromatic carbocycles. The number of fused-ring (bicyclic) bond motifs is 1. The van der Waals surface area contributed by atoms with E-state index < -0.39 is 0 Å². The molecule has 114 valence electrons. The lowest BCUT2D eigenvalue weighted by Gasteiger charge is -2.25. The Bertz CT molecular complexity index is 541. The summed E-state index contributed by atoms with van der Waals surface area (Å²) in [6, 6.07) is 4.03. The Morgan fingerprint density at radius 3 is 3.00 bits per heavy atom. The van der Waals surface area contributed by atoms with E-state index in [1.165, 1.54) is 32.1 Å². The number of carbonyl (C=O) groups excluding carboxylic acids is 1. The van der Waals surface area contributed by atoms with Gasteiger partial charge in [0, 0.05) is 18.8 Å². The lowest BCUT2D eigenvalue weighted by molar-refractivity contribution is -0.115. The number of anilines is 3. The summed E-state index contributed by atoms with van der Waals surface area (Å²) in [6.07, 6.45) is 6.87. The molecule has 1 fully saturated rings. The van der Waals surface area contributed by atoms with Crippen LogP contribution in [0.5, 0.6) is 0 Å². The zero-order valence-electron chi connectivity index (χ0n) is 12.8. The van der Waals surface area contributed by atoms with Crippen LogP contribution >= 0.6 is 0 Å². The Morgan fingerprint density at radius 2 is 2.19 bits per heavy atom. The van der Waals surface area contributed by atoms with Crippen LogP contribution in [0.2, 0.25) is 0 Å². The molecule has 1 atom stereocenters. The molecule has 2 aliphatic rings. The number of benzene rings is 1. The molecule has 2 heterocycles. The fraction of sp³-hybridized carbons (Fsp3) is 0.588. The molecule has 3 rings (SSSR count). The van der Waals surface area contributed by atoms with Gasteiger partial charge in [0.2, 0.25) is 5.91 Å². The van der Waals surface area contributed by atoms with Crippen LogP contribution in [0, 0.1) is 5.92 Å². The highest BCUT2D eigenvalue weighted by molar-refractivity contribution is 6.00. The second-order valence-electron chi connectivity index (χ2n) is 6.37. The molecule has 0 saturated carbocycles. The van der Waals surface area contributed by atoms with Gasteiger partial charge >= 0.3 is 0 Å². The van der Waals surface area contributed by atoms with Gasteiger partial charge in [0.1, 0.15) is 0 Å². The molecule has 1 aromatic rings. The van der Waals surface area contributed by atoms with E-state index >= 15 is 0 Å². The van der Waals surface area contributed by atoms with E-state index in [0.29, 0.717) is 6.42 Å². The highest BCUT2D eigenvalue weighted by atomic mass is 16.1. The topological polar surface area (TPSA) is 58.4 Å². The minimum Gasteiger partial charge on any atom is -0.397 e. The van der Waals surface area contributed by atoms with Crippen LogP contribution in [0.4, 0.5) is 17.1 Å². The molecule has 21 heavy (non-hydrogen) atoms. The zero-order valence-corrected chi connectivity index (χ0v) is 12.8. The van der Waals surface area contributed by atoms with Gasteiger partial charge < -0.3 is 16.0 Å². The average molecular weight is 287 g/mol. The molecule has 0 radical (unpaired) electrons. The first-order valence-corrected chi connectivity index (χ1v) is 8.14. The quantitative estimate of drug-likeness (QED) is 0.840.